The average molecular weight is 244 g/mol. The minimum absolute atomic E-state index is 0.320. The second-order valence-electron chi connectivity index (χ2n) is 3.95. The molecule has 0 amide bonds. The lowest BCUT2D eigenvalue weighted by Crippen LogP contribution is -2.08. The second kappa shape index (κ2) is 6.17. The molecule has 1 aliphatic heterocycles. The van der Waals surface area contributed by atoms with E-state index in [0.717, 1.165) is 5.57 Å². The number of allylic oxidation sites excluding steroid dienone is 2. The Morgan fingerprint density at radius 1 is 1.39 bits per heavy atom. The van der Waals surface area contributed by atoms with Gasteiger partial charge in [-0.05, 0) is 23.6 Å². The van der Waals surface area contributed by atoms with E-state index in [1.165, 1.54) is 17.2 Å². The molecule has 0 aliphatic carbocycles. The molecular formula is C15H16O3. The van der Waals surface area contributed by atoms with E-state index in [1.54, 1.807) is 13.0 Å². The molecule has 1 aromatic carbocycles. The van der Waals surface area contributed by atoms with Crippen LogP contribution in [0.15, 0.2) is 42.5 Å². The van der Waals surface area contributed by atoms with Gasteiger partial charge in [0.1, 0.15) is 0 Å². The molecule has 0 atom stereocenters. The van der Waals surface area contributed by atoms with Gasteiger partial charge in [0.25, 0.3) is 0 Å². The number of esters is 1. The highest BCUT2D eigenvalue weighted by Crippen LogP contribution is 2.25. The topological polar surface area (TPSA) is 35.5 Å². The summed E-state index contributed by atoms with van der Waals surface area (Å²) >= 11 is 0. The van der Waals surface area contributed by atoms with Gasteiger partial charge in [0, 0.05) is 6.08 Å². The summed E-state index contributed by atoms with van der Waals surface area (Å²) in [5, 5.41) is 0. The maximum absolute atomic E-state index is 11.2. The van der Waals surface area contributed by atoms with Crippen LogP contribution in [0.4, 0.5) is 0 Å². The lowest BCUT2D eigenvalue weighted by molar-refractivity contribution is -0.137. The monoisotopic (exact) mass is 244 g/mol. The summed E-state index contributed by atoms with van der Waals surface area (Å²) in [5.41, 5.74) is 3.45. The first-order valence-corrected chi connectivity index (χ1v) is 6.01. The van der Waals surface area contributed by atoms with Crippen LogP contribution >= 0.6 is 0 Å². The van der Waals surface area contributed by atoms with Gasteiger partial charge in [0.05, 0.1) is 19.8 Å². The van der Waals surface area contributed by atoms with E-state index in [4.69, 9.17) is 9.47 Å². The standard InChI is InChI=1S/C15H16O3/c1-2-18-15(16)9-5-7-13-11-17-10-12-6-3-4-8-14(12)13/h3-9H,2,10-11H2,1H3. The Balaban J connectivity index is 2.13. The smallest absolute Gasteiger partial charge is 0.330 e. The molecule has 0 fully saturated rings. The number of rotatable bonds is 3. The van der Waals surface area contributed by atoms with Crippen molar-refractivity contribution in [1.29, 1.82) is 0 Å². The van der Waals surface area contributed by atoms with E-state index in [9.17, 15) is 4.79 Å². The molecule has 0 N–H and O–H groups in total. The molecule has 0 bridgehead atoms. The third kappa shape index (κ3) is 3.08. The third-order valence-corrected chi connectivity index (χ3v) is 2.69. The summed E-state index contributed by atoms with van der Waals surface area (Å²) in [6.07, 6.45) is 5.03. The van der Waals surface area contributed by atoms with Crippen LogP contribution in [0, 0.1) is 0 Å². The van der Waals surface area contributed by atoms with Gasteiger partial charge in [-0.25, -0.2) is 4.79 Å². The van der Waals surface area contributed by atoms with Crippen molar-refractivity contribution in [2.45, 2.75) is 13.5 Å². The Bertz CT molecular complexity index is 486. The van der Waals surface area contributed by atoms with E-state index >= 15 is 0 Å². The highest BCUT2D eigenvalue weighted by Gasteiger charge is 2.12. The highest BCUT2D eigenvalue weighted by molar-refractivity contribution is 5.83. The molecule has 2 rings (SSSR count). The Hall–Kier alpha value is -1.87. The highest BCUT2D eigenvalue weighted by atomic mass is 16.5. The number of benzene rings is 1. The van der Waals surface area contributed by atoms with Gasteiger partial charge in [0.15, 0.2) is 0 Å². The fraction of sp³-hybridized carbons (Fsp3) is 0.267. The van der Waals surface area contributed by atoms with Crippen molar-refractivity contribution in [2.75, 3.05) is 13.2 Å². The van der Waals surface area contributed by atoms with Gasteiger partial charge in [-0.15, -0.1) is 0 Å². The SMILES string of the molecule is CCOC(=O)C=CC=C1COCc2ccccc21. The molecular weight excluding hydrogens is 228 g/mol. The Labute approximate surface area is 107 Å². The van der Waals surface area contributed by atoms with Crippen LogP contribution in [0.2, 0.25) is 0 Å². The van der Waals surface area contributed by atoms with Crippen molar-refractivity contribution in [3.8, 4) is 0 Å². The Morgan fingerprint density at radius 2 is 2.22 bits per heavy atom. The van der Waals surface area contributed by atoms with Crippen molar-refractivity contribution in [2.24, 2.45) is 0 Å². The molecule has 0 saturated heterocycles. The van der Waals surface area contributed by atoms with E-state index < -0.39 is 0 Å². The molecule has 18 heavy (non-hydrogen) atoms. The third-order valence-electron chi connectivity index (χ3n) is 2.69. The van der Waals surface area contributed by atoms with Gasteiger partial charge in [-0.3, -0.25) is 0 Å². The zero-order valence-electron chi connectivity index (χ0n) is 10.4. The van der Waals surface area contributed by atoms with Gasteiger partial charge >= 0.3 is 5.97 Å². The lowest BCUT2D eigenvalue weighted by atomic mass is 9.98. The average Bonchev–Trinajstić information content (AvgIpc) is 2.39. The molecule has 1 heterocycles. The van der Waals surface area contributed by atoms with Gasteiger partial charge in [-0.1, -0.05) is 36.4 Å². The van der Waals surface area contributed by atoms with E-state index in [2.05, 4.69) is 12.1 Å². The van der Waals surface area contributed by atoms with Crippen molar-refractivity contribution in [1.82, 2.24) is 0 Å². The quantitative estimate of drug-likeness (QED) is 0.606. The van der Waals surface area contributed by atoms with E-state index in [0.29, 0.717) is 19.8 Å². The summed E-state index contributed by atoms with van der Waals surface area (Å²) in [5.74, 6) is -0.320. The van der Waals surface area contributed by atoms with Crippen LogP contribution in [-0.2, 0) is 20.9 Å². The lowest BCUT2D eigenvalue weighted by Gasteiger charge is -2.18. The Kier molecular flexibility index (Phi) is 4.31. The number of ether oxygens (including phenoxy) is 2. The van der Waals surface area contributed by atoms with Gasteiger partial charge < -0.3 is 9.47 Å². The summed E-state index contributed by atoms with van der Waals surface area (Å²) in [6, 6.07) is 8.13. The molecule has 94 valence electrons. The zero-order valence-corrected chi connectivity index (χ0v) is 10.4. The Morgan fingerprint density at radius 3 is 3.06 bits per heavy atom. The first kappa shape index (κ1) is 12.6. The van der Waals surface area contributed by atoms with Crippen LogP contribution in [-0.4, -0.2) is 19.2 Å². The predicted molar refractivity (Wildman–Crippen MR) is 69.8 cm³/mol. The van der Waals surface area contributed by atoms with E-state index in [1.807, 2.05) is 18.2 Å². The number of hydrogen-bond acceptors (Lipinski definition) is 3. The number of fused-ring (bicyclic) bond motifs is 1. The van der Waals surface area contributed by atoms with Crippen LogP contribution < -0.4 is 0 Å². The molecule has 0 unspecified atom stereocenters. The molecule has 0 aromatic heterocycles. The number of carbonyl (C=O) groups is 1. The zero-order chi connectivity index (χ0) is 12.8. The molecule has 1 aromatic rings. The predicted octanol–water partition coefficient (Wildman–Crippen LogP) is 2.72. The van der Waals surface area contributed by atoms with Crippen molar-refractivity contribution < 1.29 is 14.3 Å². The molecule has 0 radical (unpaired) electrons. The van der Waals surface area contributed by atoms with Crippen LogP contribution in [0.3, 0.4) is 0 Å². The normalized spacial score (nSPS) is 16.8. The van der Waals surface area contributed by atoms with Crippen molar-refractivity contribution in [3.63, 3.8) is 0 Å². The number of carbonyl (C=O) groups excluding carboxylic acids is 1. The largest absolute Gasteiger partial charge is 0.463 e. The minimum atomic E-state index is -0.320. The molecule has 1 aliphatic rings. The molecule has 3 heteroatoms. The maximum Gasteiger partial charge on any atom is 0.330 e. The van der Waals surface area contributed by atoms with Crippen LogP contribution in [0.25, 0.3) is 5.57 Å². The van der Waals surface area contributed by atoms with E-state index in [-0.39, 0.29) is 5.97 Å². The first-order valence-electron chi connectivity index (χ1n) is 6.01. The fourth-order valence-corrected chi connectivity index (χ4v) is 1.88. The van der Waals surface area contributed by atoms with Gasteiger partial charge in [-0.2, -0.15) is 0 Å². The van der Waals surface area contributed by atoms with Crippen molar-refractivity contribution >= 4 is 11.5 Å². The molecule has 3 nitrogen and oxygen atoms in total. The van der Waals surface area contributed by atoms with Crippen LogP contribution in [0.1, 0.15) is 18.1 Å². The summed E-state index contributed by atoms with van der Waals surface area (Å²) in [7, 11) is 0. The maximum atomic E-state index is 11.2. The summed E-state index contributed by atoms with van der Waals surface area (Å²) < 4.78 is 10.3. The van der Waals surface area contributed by atoms with Crippen LogP contribution in [0.5, 0.6) is 0 Å². The molecule has 0 spiro atoms. The minimum Gasteiger partial charge on any atom is -0.463 e. The fourth-order valence-electron chi connectivity index (χ4n) is 1.88. The first-order chi connectivity index (χ1) is 8.81. The summed E-state index contributed by atoms with van der Waals surface area (Å²) in [6.45, 7) is 3.40. The van der Waals surface area contributed by atoms with Crippen molar-refractivity contribution in [3.05, 3.63) is 53.6 Å². The summed E-state index contributed by atoms with van der Waals surface area (Å²) in [4.78, 5) is 11.2. The molecule has 0 saturated carbocycles. The van der Waals surface area contributed by atoms with Gasteiger partial charge in [0.2, 0.25) is 0 Å². The number of hydrogen-bond donors (Lipinski definition) is 0. The second-order valence-corrected chi connectivity index (χ2v) is 3.95.